The van der Waals surface area contributed by atoms with Crippen LogP contribution in [-0.2, 0) is 0 Å². The first-order chi connectivity index (χ1) is 9.11. The summed E-state index contributed by atoms with van der Waals surface area (Å²) in [7, 11) is 0. The first-order valence-corrected chi connectivity index (χ1v) is 7.87. The van der Waals surface area contributed by atoms with E-state index in [0.29, 0.717) is 5.92 Å². The molecule has 0 aliphatic heterocycles. The second kappa shape index (κ2) is 9.23. The van der Waals surface area contributed by atoms with Crippen molar-refractivity contribution in [2.75, 3.05) is 25.4 Å². The summed E-state index contributed by atoms with van der Waals surface area (Å²) >= 11 is 1.83. The predicted molar refractivity (Wildman–Crippen MR) is 86.0 cm³/mol. The number of nitrogens with two attached hydrogens (primary N) is 2. The third kappa shape index (κ3) is 7.45. The van der Waals surface area contributed by atoms with E-state index in [1.54, 1.807) is 0 Å². The van der Waals surface area contributed by atoms with Crippen LogP contribution in [-0.4, -0.2) is 23.9 Å². The van der Waals surface area contributed by atoms with Gasteiger partial charge in [0, 0.05) is 23.7 Å². The molecule has 0 aliphatic rings. The van der Waals surface area contributed by atoms with Gasteiger partial charge in [-0.1, -0.05) is 20.3 Å². The zero-order valence-corrected chi connectivity index (χ0v) is 13.0. The summed E-state index contributed by atoms with van der Waals surface area (Å²) in [6.07, 6.45) is 3.56. The highest BCUT2D eigenvalue weighted by atomic mass is 32.2. The normalized spacial score (nSPS) is 11.4. The molecule has 1 aromatic carbocycles. The van der Waals surface area contributed by atoms with Gasteiger partial charge in [0.1, 0.15) is 0 Å². The van der Waals surface area contributed by atoms with Crippen molar-refractivity contribution in [3.05, 3.63) is 24.3 Å². The van der Waals surface area contributed by atoms with Crippen LogP contribution in [0.1, 0.15) is 33.1 Å². The van der Waals surface area contributed by atoms with Crippen LogP contribution in [0.25, 0.3) is 0 Å². The molecule has 4 heteroatoms. The molecule has 0 atom stereocenters. The molecule has 0 radical (unpaired) electrons. The van der Waals surface area contributed by atoms with Gasteiger partial charge in [0.25, 0.3) is 0 Å². The molecule has 0 fully saturated rings. The average molecular weight is 281 g/mol. The van der Waals surface area contributed by atoms with Gasteiger partial charge < -0.3 is 11.5 Å². The molecule has 1 rings (SSSR count). The van der Waals surface area contributed by atoms with Gasteiger partial charge in [-0.3, -0.25) is 0 Å². The van der Waals surface area contributed by atoms with E-state index in [-0.39, 0.29) is 0 Å². The maximum absolute atomic E-state index is 5.72. The minimum atomic E-state index is 0.677. The summed E-state index contributed by atoms with van der Waals surface area (Å²) in [5, 5.41) is 0. The summed E-state index contributed by atoms with van der Waals surface area (Å²) in [5.74, 6) is 0.677. The zero-order chi connectivity index (χ0) is 14.1. The zero-order valence-electron chi connectivity index (χ0n) is 12.1. The minimum absolute atomic E-state index is 0.677. The van der Waals surface area contributed by atoms with E-state index < -0.39 is 0 Å². The van der Waals surface area contributed by atoms with Crippen molar-refractivity contribution in [3.63, 3.8) is 0 Å². The van der Waals surface area contributed by atoms with E-state index in [9.17, 15) is 0 Å². The molecule has 4 N–H and O–H groups in total. The van der Waals surface area contributed by atoms with Crippen LogP contribution < -0.4 is 11.5 Å². The molecule has 19 heavy (non-hydrogen) atoms. The maximum Gasteiger partial charge on any atom is 0.0314 e. The summed E-state index contributed by atoms with van der Waals surface area (Å²) in [6.45, 7) is 7.55. The highest BCUT2D eigenvalue weighted by Gasteiger charge is 2.09. The molecule has 3 nitrogen and oxygen atoms in total. The Kier molecular flexibility index (Phi) is 7.94. The molecule has 0 aromatic heterocycles. The smallest absolute Gasteiger partial charge is 0.0314 e. The van der Waals surface area contributed by atoms with Crippen LogP contribution >= 0.6 is 11.9 Å². The van der Waals surface area contributed by atoms with Crippen LogP contribution in [0.5, 0.6) is 0 Å². The second-order valence-electron chi connectivity index (χ2n) is 5.29. The molecule has 0 amide bonds. The Morgan fingerprint density at radius 1 is 1.11 bits per heavy atom. The Bertz CT molecular complexity index is 338. The standard InChI is InChI=1S/C15H27N3S/c1-13(2)12-18(11-5-3-4-10-16)19-15-8-6-14(17)7-9-15/h6-9,13H,3-5,10-12,16-17H2,1-2H3. The van der Waals surface area contributed by atoms with Gasteiger partial charge >= 0.3 is 0 Å². The summed E-state index contributed by atoms with van der Waals surface area (Å²) in [5.41, 5.74) is 12.1. The van der Waals surface area contributed by atoms with Crippen molar-refractivity contribution in [3.8, 4) is 0 Å². The SMILES string of the molecule is CC(C)CN(CCCCCN)Sc1ccc(N)cc1. The lowest BCUT2D eigenvalue weighted by Gasteiger charge is -2.23. The fraction of sp³-hybridized carbons (Fsp3) is 0.600. The van der Waals surface area contributed by atoms with E-state index in [1.165, 1.54) is 17.7 Å². The molecule has 0 heterocycles. The van der Waals surface area contributed by atoms with Crippen molar-refractivity contribution in [1.29, 1.82) is 0 Å². The van der Waals surface area contributed by atoms with Gasteiger partial charge in [-0.15, -0.1) is 0 Å². The topological polar surface area (TPSA) is 55.3 Å². The van der Waals surface area contributed by atoms with E-state index in [0.717, 1.165) is 31.7 Å². The van der Waals surface area contributed by atoms with Crippen molar-refractivity contribution >= 4 is 17.6 Å². The second-order valence-corrected chi connectivity index (χ2v) is 6.46. The number of rotatable bonds is 9. The molecule has 0 saturated carbocycles. The largest absolute Gasteiger partial charge is 0.399 e. The Hall–Kier alpha value is -0.710. The average Bonchev–Trinajstić information content (AvgIpc) is 2.36. The molecule has 108 valence electrons. The number of benzene rings is 1. The quantitative estimate of drug-likeness (QED) is 0.414. The van der Waals surface area contributed by atoms with Crippen molar-refractivity contribution in [2.24, 2.45) is 11.7 Å². The number of nitrogens with zero attached hydrogens (tertiary/aromatic N) is 1. The Morgan fingerprint density at radius 2 is 1.79 bits per heavy atom. The number of unbranched alkanes of at least 4 members (excludes halogenated alkanes) is 2. The van der Waals surface area contributed by atoms with Crippen LogP contribution in [0, 0.1) is 5.92 Å². The summed E-state index contributed by atoms with van der Waals surface area (Å²) in [6, 6.07) is 8.11. The van der Waals surface area contributed by atoms with Crippen molar-refractivity contribution in [2.45, 2.75) is 38.0 Å². The molecule has 0 bridgehead atoms. The Labute approximate surface area is 121 Å². The fourth-order valence-corrected chi connectivity index (χ4v) is 3.02. The molecule has 0 spiro atoms. The Balaban J connectivity index is 2.46. The summed E-state index contributed by atoms with van der Waals surface area (Å²) in [4.78, 5) is 1.26. The van der Waals surface area contributed by atoms with Crippen LogP contribution in [0.4, 0.5) is 5.69 Å². The monoisotopic (exact) mass is 281 g/mol. The van der Waals surface area contributed by atoms with Gasteiger partial charge in [0.2, 0.25) is 0 Å². The molecular weight excluding hydrogens is 254 g/mol. The molecule has 0 aliphatic carbocycles. The first kappa shape index (κ1) is 16.3. The number of nitrogen functional groups attached to an aromatic ring is 1. The van der Waals surface area contributed by atoms with E-state index in [2.05, 4.69) is 30.3 Å². The first-order valence-electron chi connectivity index (χ1n) is 7.10. The molecular formula is C15H27N3S. The lowest BCUT2D eigenvalue weighted by molar-refractivity contribution is 0.394. The maximum atomic E-state index is 5.72. The van der Waals surface area contributed by atoms with Crippen molar-refractivity contribution < 1.29 is 0 Å². The van der Waals surface area contributed by atoms with Gasteiger partial charge in [0.15, 0.2) is 0 Å². The fourth-order valence-electron chi connectivity index (χ4n) is 1.87. The molecule has 0 saturated heterocycles. The highest BCUT2D eigenvalue weighted by Crippen LogP contribution is 2.25. The van der Waals surface area contributed by atoms with Crippen molar-refractivity contribution in [1.82, 2.24) is 4.31 Å². The minimum Gasteiger partial charge on any atom is -0.399 e. The highest BCUT2D eigenvalue weighted by molar-refractivity contribution is 7.97. The van der Waals surface area contributed by atoms with E-state index in [4.69, 9.17) is 11.5 Å². The lowest BCUT2D eigenvalue weighted by Crippen LogP contribution is -2.22. The van der Waals surface area contributed by atoms with Crippen LogP contribution in [0.3, 0.4) is 0 Å². The molecule has 0 unspecified atom stereocenters. The van der Waals surface area contributed by atoms with E-state index >= 15 is 0 Å². The van der Waals surface area contributed by atoms with Gasteiger partial charge in [0.05, 0.1) is 0 Å². The number of hydrogen-bond donors (Lipinski definition) is 2. The van der Waals surface area contributed by atoms with Crippen LogP contribution in [0.2, 0.25) is 0 Å². The molecule has 1 aromatic rings. The Morgan fingerprint density at radius 3 is 2.37 bits per heavy atom. The third-order valence-electron chi connectivity index (χ3n) is 2.80. The lowest BCUT2D eigenvalue weighted by atomic mass is 10.2. The predicted octanol–water partition coefficient (Wildman–Crippen LogP) is 3.36. The van der Waals surface area contributed by atoms with Crippen LogP contribution in [0.15, 0.2) is 29.2 Å². The van der Waals surface area contributed by atoms with E-state index in [1.807, 2.05) is 24.1 Å². The van der Waals surface area contributed by atoms with Gasteiger partial charge in [-0.25, -0.2) is 4.31 Å². The number of hydrogen-bond acceptors (Lipinski definition) is 4. The van der Waals surface area contributed by atoms with Gasteiger partial charge in [-0.05, 0) is 61.5 Å². The number of anilines is 1. The third-order valence-corrected chi connectivity index (χ3v) is 3.87. The summed E-state index contributed by atoms with van der Waals surface area (Å²) < 4.78 is 2.45. The van der Waals surface area contributed by atoms with Gasteiger partial charge in [-0.2, -0.15) is 0 Å².